The highest BCUT2D eigenvalue weighted by Crippen LogP contribution is 2.21. The number of carbonyl (C=O) groups excluding carboxylic acids is 1. The van der Waals surface area contributed by atoms with Crippen LogP contribution >= 0.6 is 11.8 Å². The number of hydrogen-bond acceptors (Lipinski definition) is 4. The first kappa shape index (κ1) is 13.2. The Kier molecular flexibility index (Phi) is 3.73. The molecule has 0 unspecified atom stereocenters. The monoisotopic (exact) mass is 288 g/mol. The third-order valence-corrected chi connectivity index (χ3v) is 4.52. The molecule has 1 aromatic heterocycles. The first-order valence-corrected chi connectivity index (χ1v) is 7.86. The molecule has 104 valence electrons. The van der Waals surface area contributed by atoms with Crippen molar-refractivity contribution in [1.29, 1.82) is 0 Å². The number of benzene rings is 1. The van der Waals surface area contributed by atoms with E-state index in [0.29, 0.717) is 10.9 Å². The highest BCUT2D eigenvalue weighted by Gasteiger charge is 2.27. The van der Waals surface area contributed by atoms with Crippen LogP contribution in [-0.2, 0) is 0 Å². The molecule has 0 aliphatic carbocycles. The van der Waals surface area contributed by atoms with E-state index in [2.05, 4.69) is 16.5 Å². The van der Waals surface area contributed by atoms with E-state index in [1.165, 1.54) is 4.80 Å². The summed E-state index contributed by atoms with van der Waals surface area (Å²) < 4.78 is 0. The van der Waals surface area contributed by atoms with Gasteiger partial charge in [-0.1, -0.05) is 18.2 Å². The average molecular weight is 288 g/mol. The lowest BCUT2D eigenvalue weighted by atomic mass is 10.3. The fourth-order valence-corrected chi connectivity index (χ4v) is 2.98. The van der Waals surface area contributed by atoms with Gasteiger partial charge in [-0.15, -0.1) is 5.10 Å². The lowest BCUT2D eigenvalue weighted by Gasteiger charge is -2.13. The maximum absolute atomic E-state index is 12.4. The number of likely N-dealkylation sites (tertiary alicyclic amines) is 1. The van der Waals surface area contributed by atoms with Crippen LogP contribution in [0.2, 0.25) is 0 Å². The zero-order valence-corrected chi connectivity index (χ0v) is 12.1. The van der Waals surface area contributed by atoms with Crippen molar-refractivity contribution in [3.8, 4) is 5.69 Å². The molecule has 1 saturated heterocycles. The highest BCUT2D eigenvalue weighted by molar-refractivity contribution is 7.99. The second-order valence-corrected chi connectivity index (χ2v) is 5.89. The third kappa shape index (κ3) is 2.56. The Morgan fingerprint density at radius 3 is 2.85 bits per heavy atom. The second kappa shape index (κ2) is 5.66. The van der Waals surface area contributed by atoms with Gasteiger partial charge in [0.1, 0.15) is 0 Å². The molecule has 2 aromatic rings. The van der Waals surface area contributed by atoms with E-state index in [1.54, 1.807) is 6.20 Å². The SMILES string of the molecule is CS[C@@H]1CCN(C(=O)c2cnn(-c3ccccc3)n2)C1. The number of thioether (sulfide) groups is 1. The van der Waals surface area contributed by atoms with Gasteiger partial charge in [0.05, 0.1) is 11.9 Å². The molecule has 1 aliphatic heterocycles. The van der Waals surface area contributed by atoms with Crippen molar-refractivity contribution >= 4 is 17.7 Å². The molecular weight excluding hydrogens is 272 g/mol. The number of carbonyl (C=O) groups is 1. The fourth-order valence-electron chi connectivity index (χ4n) is 2.31. The van der Waals surface area contributed by atoms with Crippen molar-refractivity contribution in [1.82, 2.24) is 19.9 Å². The molecule has 1 aromatic carbocycles. The van der Waals surface area contributed by atoms with Crippen LogP contribution in [0.3, 0.4) is 0 Å². The zero-order chi connectivity index (χ0) is 13.9. The smallest absolute Gasteiger partial charge is 0.276 e. The Balaban J connectivity index is 1.76. The predicted molar refractivity (Wildman–Crippen MR) is 79.2 cm³/mol. The lowest BCUT2D eigenvalue weighted by Crippen LogP contribution is -2.29. The molecule has 5 nitrogen and oxygen atoms in total. The van der Waals surface area contributed by atoms with Gasteiger partial charge < -0.3 is 4.90 Å². The summed E-state index contributed by atoms with van der Waals surface area (Å²) in [6.45, 7) is 1.61. The minimum atomic E-state index is -0.0243. The number of amides is 1. The van der Waals surface area contributed by atoms with Crippen LogP contribution in [0.5, 0.6) is 0 Å². The van der Waals surface area contributed by atoms with E-state index in [1.807, 2.05) is 47.0 Å². The molecule has 1 amide bonds. The van der Waals surface area contributed by atoms with Crippen molar-refractivity contribution in [3.05, 3.63) is 42.2 Å². The Morgan fingerprint density at radius 2 is 2.15 bits per heavy atom. The average Bonchev–Trinajstić information content (AvgIpc) is 3.17. The molecule has 1 fully saturated rings. The van der Waals surface area contributed by atoms with E-state index in [-0.39, 0.29) is 5.91 Å². The molecule has 0 spiro atoms. The van der Waals surface area contributed by atoms with Crippen LogP contribution in [0, 0.1) is 0 Å². The van der Waals surface area contributed by atoms with Crippen LogP contribution in [0.15, 0.2) is 36.5 Å². The molecule has 6 heteroatoms. The lowest BCUT2D eigenvalue weighted by molar-refractivity contribution is 0.0787. The first-order valence-electron chi connectivity index (χ1n) is 6.58. The summed E-state index contributed by atoms with van der Waals surface area (Å²) in [5, 5.41) is 9.00. The van der Waals surface area contributed by atoms with E-state index < -0.39 is 0 Å². The fraction of sp³-hybridized carbons (Fsp3) is 0.357. The summed E-state index contributed by atoms with van der Waals surface area (Å²) in [5.41, 5.74) is 1.27. The Labute approximate surface area is 122 Å². The van der Waals surface area contributed by atoms with Crippen molar-refractivity contribution in [2.45, 2.75) is 11.7 Å². The quantitative estimate of drug-likeness (QED) is 0.865. The van der Waals surface area contributed by atoms with E-state index in [0.717, 1.165) is 25.2 Å². The van der Waals surface area contributed by atoms with E-state index >= 15 is 0 Å². The maximum atomic E-state index is 12.4. The van der Waals surface area contributed by atoms with E-state index in [9.17, 15) is 4.79 Å². The molecule has 3 rings (SSSR count). The molecule has 0 radical (unpaired) electrons. The normalized spacial score (nSPS) is 18.4. The number of rotatable bonds is 3. The largest absolute Gasteiger partial charge is 0.336 e. The minimum absolute atomic E-state index is 0.0243. The molecule has 20 heavy (non-hydrogen) atoms. The molecule has 1 atom stereocenters. The van der Waals surface area contributed by atoms with Crippen molar-refractivity contribution in [2.24, 2.45) is 0 Å². The maximum Gasteiger partial charge on any atom is 0.276 e. The summed E-state index contributed by atoms with van der Waals surface area (Å²) >= 11 is 1.82. The summed E-state index contributed by atoms with van der Waals surface area (Å²) in [5.74, 6) is -0.0243. The van der Waals surface area contributed by atoms with Gasteiger partial charge in [0.25, 0.3) is 5.91 Å². The van der Waals surface area contributed by atoms with Gasteiger partial charge in [0, 0.05) is 18.3 Å². The van der Waals surface area contributed by atoms with Crippen LogP contribution in [0.4, 0.5) is 0 Å². The van der Waals surface area contributed by atoms with Crippen molar-refractivity contribution in [2.75, 3.05) is 19.3 Å². The first-order chi connectivity index (χ1) is 9.78. The van der Waals surface area contributed by atoms with Gasteiger partial charge in [0.2, 0.25) is 0 Å². The van der Waals surface area contributed by atoms with Gasteiger partial charge in [-0.3, -0.25) is 4.79 Å². The highest BCUT2D eigenvalue weighted by atomic mass is 32.2. The van der Waals surface area contributed by atoms with Crippen molar-refractivity contribution in [3.63, 3.8) is 0 Å². The van der Waals surface area contributed by atoms with E-state index in [4.69, 9.17) is 0 Å². The second-order valence-electron chi connectivity index (χ2n) is 4.75. The number of aromatic nitrogens is 3. The number of para-hydroxylation sites is 1. The molecule has 1 aliphatic rings. The van der Waals surface area contributed by atoms with Gasteiger partial charge >= 0.3 is 0 Å². The van der Waals surface area contributed by atoms with Gasteiger partial charge in [0.15, 0.2) is 5.69 Å². The number of hydrogen-bond donors (Lipinski definition) is 0. The van der Waals surface area contributed by atoms with Crippen LogP contribution in [0.1, 0.15) is 16.9 Å². The molecule has 2 heterocycles. The summed E-state index contributed by atoms with van der Waals surface area (Å²) in [7, 11) is 0. The van der Waals surface area contributed by atoms with Crippen LogP contribution in [-0.4, -0.2) is 50.4 Å². The van der Waals surface area contributed by atoms with Crippen LogP contribution in [0.25, 0.3) is 5.69 Å². The van der Waals surface area contributed by atoms with Crippen molar-refractivity contribution < 1.29 is 4.79 Å². The van der Waals surface area contributed by atoms with Gasteiger partial charge in [-0.2, -0.15) is 21.7 Å². The molecule has 0 saturated carbocycles. The third-order valence-electron chi connectivity index (χ3n) is 3.46. The van der Waals surface area contributed by atoms with Gasteiger partial charge in [-0.25, -0.2) is 0 Å². The van der Waals surface area contributed by atoms with Crippen LogP contribution < -0.4 is 0 Å². The topological polar surface area (TPSA) is 51.0 Å². The zero-order valence-electron chi connectivity index (χ0n) is 11.3. The molecule has 0 N–H and O–H groups in total. The summed E-state index contributed by atoms with van der Waals surface area (Å²) in [6, 6.07) is 9.60. The molecular formula is C14H16N4OS. The Bertz CT molecular complexity index is 598. The standard InChI is InChI=1S/C14H16N4OS/c1-20-12-7-8-17(10-12)14(19)13-9-15-18(16-13)11-5-3-2-4-6-11/h2-6,9,12H,7-8,10H2,1H3/t12-/m1/s1. The Hall–Kier alpha value is -1.82. The minimum Gasteiger partial charge on any atom is -0.336 e. The summed E-state index contributed by atoms with van der Waals surface area (Å²) in [4.78, 5) is 15.7. The predicted octanol–water partition coefficient (Wildman–Crippen LogP) is 1.84. The van der Waals surface area contributed by atoms with Gasteiger partial charge in [-0.05, 0) is 24.8 Å². The summed E-state index contributed by atoms with van der Waals surface area (Å²) in [6.07, 6.45) is 4.69. The number of nitrogens with zero attached hydrogens (tertiary/aromatic N) is 4. The molecule has 0 bridgehead atoms. The Morgan fingerprint density at radius 1 is 1.35 bits per heavy atom.